The number of ether oxygens (including phenoxy) is 1. The van der Waals surface area contributed by atoms with E-state index in [-0.39, 0.29) is 11.7 Å². The Hall–Kier alpha value is -1.77. The number of anilines is 1. The number of halogens is 1. The predicted molar refractivity (Wildman–Crippen MR) is 105 cm³/mol. The number of likely N-dealkylation sites (N-methyl/N-ethyl adjacent to an activating group) is 1. The number of phenolic OH excluding ortho intramolecular Hbond substituents is 1. The number of hydrogen-bond donors (Lipinski definition) is 3. The first kappa shape index (κ1) is 17.6. The van der Waals surface area contributed by atoms with Crippen molar-refractivity contribution in [2.75, 3.05) is 25.5 Å². The zero-order chi connectivity index (χ0) is 18.4. The Morgan fingerprint density at radius 1 is 1.42 bits per heavy atom. The lowest BCUT2D eigenvalue weighted by atomic mass is 10.00. The maximum absolute atomic E-state index is 12.8. The molecule has 1 amide bonds. The van der Waals surface area contributed by atoms with E-state index in [1.54, 1.807) is 23.5 Å². The molecule has 26 heavy (non-hydrogen) atoms. The van der Waals surface area contributed by atoms with Gasteiger partial charge in [-0.25, -0.2) is 0 Å². The Morgan fingerprint density at radius 3 is 2.96 bits per heavy atom. The first-order chi connectivity index (χ1) is 12.5. The third-order valence-corrected chi connectivity index (χ3v) is 6.57. The summed E-state index contributed by atoms with van der Waals surface area (Å²) in [4.78, 5) is 16.5. The summed E-state index contributed by atoms with van der Waals surface area (Å²) < 4.78 is 5.99. The second-order valence-corrected chi connectivity index (χ2v) is 8.44. The number of phenols is 1. The van der Waals surface area contributed by atoms with Crippen molar-refractivity contribution in [3.63, 3.8) is 0 Å². The van der Waals surface area contributed by atoms with E-state index in [1.165, 1.54) is 12.0 Å². The third kappa shape index (κ3) is 2.86. The number of thiophene rings is 1. The lowest BCUT2D eigenvalue weighted by molar-refractivity contribution is 0.0934. The molecule has 4 rings (SSSR count). The van der Waals surface area contributed by atoms with Crippen molar-refractivity contribution < 1.29 is 14.6 Å². The van der Waals surface area contributed by atoms with Gasteiger partial charge in [0.15, 0.2) is 11.5 Å². The molecule has 0 aliphatic carbocycles. The van der Waals surface area contributed by atoms with Crippen LogP contribution in [0.5, 0.6) is 11.5 Å². The normalized spacial score (nSPS) is 19.3. The summed E-state index contributed by atoms with van der Waals surface area (Å²) in [5.41, 5.74) is 2.49. The van der Waals surface area contributed by atoms with Crippen LogP contribution in [0.4, 0.5) is 5.00 Å². The van der Waals surface area contributed by atoms with Gasteiger partial charge in [-0.05, 0) is 30.7 Å². The Morgan fingerprint density at radius 2 is 2.23 bits per heavy atom. The van der Waals surface area contributed by atoms with E-state index in [9.17, 15) is 9.90 Å². The van der Waals surface area contributed by atoms with Gasteiger partial charge < -0.3 is 20.5 Å². The fourth-order valence-electron chi connectivity index (χ4n) is 3.56. The van der Waals surface area contributed by atoms with Crippen molar-refractivity contribution in [2.45, 2.75) is 26.1 Å². The highest BCUT2D eigenvalue weighted by molar-refractivity contribution is 9.10. The number of aromatic hydroxyl groups is 1. The molecule has 8 heteroatoms. The van der Waals surface area contributed by atoms with Crippen LogP contribution in [0, 0.1) is 0 Å². The molecule has 0 spiro atoms. The lowest BCUT2D eigenvalue weighted by Crippen LogP contribution is -2.39. The van der Waals surface area contributed by atoms with Gasteiger partial charge in [-0.1, -0.05) is 22.9 Å². The van der Waals surface area contributed by atoms with E-state index in [0.29, 0.717) is 11.3 Å². The molecule has 1 aromatic heterocycles. The second-order valence-electron chi connectivity index (χ2n) is 6.42. The summed E-state index contributed by atoms with van der Waals surface area (Å²) in [6, 6.07) is 3.48. The van der Waals surface area contributed by atoms with Gasteiger partial charge >= 0.3 is 0 Å². The Labute approximate surface area is 164 Å². The highest BCUT2D eigenvalue weighted by Gasteiger charge is 2.34. The van der Waals surface area contributed by atoms with Crippen molar-refractivity contribution in [1.82, 2.24) is 10.2 Å². The minimum absolute atomic E-state index is 0.0235. The van der Waals surface area contributed by atoms with E-state index < -0.39 is 6.17 Å². The Bertz CT molecular complexity index is 883. The quantitative estimate of drug-likeness (QED) is 0.685. The summed E-state index contributed by atoms with van der Waals surface area (Å²) in [6.07, 6.45) is 0.383. The molecule has 2 aromatic rings. The maximum Gasteiger partial charge on any atom is 0.256 e. The number of nitrogens with one attached hydrogen (secondary N) is 2. The van der Waals surface area contributed by atoms with Crippen molar-refractivity contribution in [2.24, 2.45) is 0 Å². The number of carbonyl (C=O) groups is 1. The maximum atomic E-state index is 12.8. The molecule has 2 aliphatic rings. The van der Waals surface area contributed by atoms with E-state index in [2.05, 4.69) is 38.4 Å². The number of hydrogen-bond acceptors (Lipinski definition) is 6. The van der Waals surface area contributed by atoms with Gasteiger partial charge in [0.25, 0.3) is 5.91 Å². The van der Waals surface area contributed by atoms with Gasteiger partial charge in [-0.2, -0.15) is 0 Å². The smallest absolute Gasteiger partial charge is 0.256 e. The summed E-state index contributed by atoms with van der Waals surface area (Å²) in [6.45, 7) is 5.03. The fraction of sp³-hybridized carbons (Fsp3) is 0.389. The molecular weight excluding hydrogens is 418 g/mol. The van der Waals surface area contributed by atoms with Crippen LogP contribution >= 0.6 is 27.3 Å². The number of fused-ring (bicyclic) bond motifs is 3. The first-order valence-corrected chi connectivity index (χ1v) is 10.1. The van der Waals surface area contributed by atoms with Crippen molar-refractivity contribution in [3.8, 4) is 11.5 Å². The average molecular weight is 438 g/mol. The zero-order valence-electron chi connectivity index (χ0n) is 14.6. The largest absolute Gasteiger partial charge is 0.504 e. The van der Waals surface area contributed by atoms with E-state index in [1.807, 2.05) is 0 Å². The van der Waals surface area contributed by atoms with Crippen LogP contribution in [0.1, 0.15) is 39.5 Å². The standard InChI is InChI=1S/C18H20BrN3O3S/c1-3-22-5-4-10-13(8-22)26-18-14(10)17(24)20-16(21-18)11-6-9(19)7-12(25-2)15(11)23/h6-7,16,21,23H,3-5,8H2,1-2H3,(H,20,24)/t16-/m0/s1. The van der Waals surface area contributed by atoms with Crippen LogP contribution in [0.15, 0.2) is 16.6 Å². The molecule has 0 fully saturated rings. The predicted octanol–water partition coefficient (Wildman–Crippen LogP) is 3.46. The van der Waals surface area contributed by atoms with Gasteiger partial charge in [0, 0.05) is 28.0 Å². The number of carbonyl (C=O) groups excluding carboxylic acids is 1. The van der Waals surface area contributed by atoms with Crippen LogP contribution in [-0.2, 0) is 13.0 Å². The molecule has 138 valence electrons. The van der Waals surface area contributed by atoms with Crippen LogP contribution < -0.4 is 15.4 Å². The van der Waals surface area contributed by atoms with Gasteiger partial charge in [0.1, 0.15) is 11.2 Å². The van der Waals surface area contributed by atoms with Gasteiger partial charge in [0.05, 0.1) is 12.7 Å². The van der Waals surface area contributed by atoms with E-state index >= 15 is 0 Å². The molecule has 3 heterocycles. The van der Waals surface area contributed by atoms with Crippen LogP contribution in [0.2, 0.25) is 0 Å². The highest BCUT2D eigenvalue weighted by atomic mass is 79.9. The molecule has 2 aliphatic heterocycles. The molecule has 0 bridgehead atoms. The molecule has 0 unspecified atom stereocenters. The minimum Gasteiger partial charge on any atom is -0.504 e. The van der Waals surface area contributed by atoms with E-state index in [0.717, 1.165) is 46.7 Å². The average Bonchev–Trinajstić information content (AvgIpc) is 3.00. The van der Waals surface area contributed by atoms with Gasteiger partial charge in [-0.15, -0.1) is 11.3 Å². The van der Waals surface area contributed by atoms with Crippen LogP contribution in [0.25, 0.3) is 0 Å². The molecule has 1 aromatic carbocycles. The van der Waals surface area contributed by atoms with Crippen molar-refractivity contribution in [3.05, 3.63) is 38.2 Å². The molecular formula is C18H20BrN3O3S. The topological polar surface area (TPSA) is 73.8 Å². The van der Waals surface area contributed by atoms with Crippen LogP contribution in [-0.4, -0.2) is 36.1 Å². The van der Waals surface area contributed by atoms with Crippen molar-refractivity contribution in [1.29, 1.82) is 0 Å². The second kappa shape index (κ2) is 6.75. The van der Waals surface area contributed by atoms with Crippen LogP contribution in [0.3, 0.4) is 0 Å². The Kier molecular flexibility index (Phi) is 4.58. The number of rotatable bonds is 3. The van der Waals surface area contributed by atoms with Gasteiger partial charge in [0.2, 0.25) is 0 Å². The molecule has 3 N–H and O–H groups in total. The number of amides is 1. The number of methoxy groups -OCH3 is 1. The summed E-state index contributed by atoms with van der Waals surface area (Å²) in [5, 5.41) is 17.7. The summed E-state index contributed by atoms with van der Waals surface area (Å²) in [5.74, 6) is 0.292. The summed E-state index contributed by atoms with van der Waals surface area (Å²) >= 11 is 5.07. The third-order valence-electron chi connectivity index (χ3n) is 4.96. The fourth-order valence-corrected chi connectivity index (χ4v) is 5.33. The molecule has 0 radical (unpaired) electrons. The zero-order valence-corrected chi connectivity index (χ0v) is 17.0. The van der Waals surface area contributed by atoms with Gasteiger partial charge in [-0.3, -0.25) is 9.69 Å². The SMILES string of the molecule is CCN1CCc2c(sc3c2C(=O)N[C@H](c2cc(Br)cc(OC)c2O)N3)C1. The first-order valence-electron chi connectivity index (χ1n) is 8.52. The molecule has 0 saturated heterocycles. The summed E-state index contributed by atoms with van der Waals surface area (Å²) in [7, 11) is 1.50. The molecule has 0 saturated carbocycles. The molecule has 6 nitrogen and oxygen atoms in total. The lowest BCUT2D eigenvalue weighted by Gasteiger charge is -2.28. The van der Waals surface area contributed by atoms with E-state index in [4.69, 9.17) is 4.74 Å². The van der Waals surface area contributed by atoms with Crippen molar-refractivity contribution >= 4 is 38.2 Å². The molecule has 1 atom stereocenters. The highest BCUT2D eigenvalue weighted by Crippen LogP contribution is 2.43. The number of benzene rings is 1. The number of nitrogens with zero attached hydrogens (tertiary/aromatic N) is 1. The monoisotopic (exact) mass is 437 g/mol. The Balaban J connectivity index is 1.71. The minimum atomic E-state index is -0.510.